The summed E-state index contributed by atoms with van der Waals surface area (Å²) in [5.74, 6) is 0.503. The summed E-state index contributed by atoms with van der Waals surface area (Å²) in [5.41, 5.74) is 0.936. The number of hydrogen-bond acceptors (Lipinski definition) is 3. The third kappa shape index (κ3) is 2.76. The predicted molar refractivity (Wildman–Crippen MR) is 70.0 cm³/mol. The number of β-amino-alcohol motifs (C(OH)–C–C–N with tert-alkyl or cyclic N) is 1. The maximum Gasteiger partial charge on any atom is 0.233 e. The molecule has 2 rings (SSSR count). The number of hydrogen-bond donors (Lipinski definition) is 1. The lowest BCUT2D eigenvalue weighted by atomic mass is 10.2. The van der Waals surface area contributed by atoms with Crippen molar-refractivity contribution in [1.29, 1.82) is 0 Å². The number of halogens is 1. The lowest BCUT2D eigenvalue weighted by Gasteiger charge is -2.26. The Morgan fingerprint density at radius 1 is 1.59 bits per heavy atom. The zero-order chi connectivity index (χ0) is 12.4. The first-order valence-electron chi connectivity index (χ1n) is 5.43. The standard InChI is InChI=1S/C12H14ClNO2S/c1-8(15)6-14-11(16)7-17-12(14)9-4-2-3-5-10(9)13/h2-5,8,12,15H,6-7H2,1H3/t8-,12-/m1/s1. The molecule has 3 nitrogen and oxygen atoms in total. The van der Waals surface area contributed by atoms with Crippen LogP contribution in [-0.4, -0.2) is 34.3 Å². The minimum atomic E-state index is -0.525. The average molecular weight is 272 g/mol. The van der Waals surface area contributed by atoms with Crippen molar-refractivity contribution in [3.63, 3.8) is 0 Å². The van der Waals surface area contributed by atoms with E-state index >= 15 is 0 Å². The van der Waals surface area contributed by atoms with Gasteiger partial charge in [0.15, 0.2) is 0 Å². The number of aliphatic hydroxyl groups excluding tert-OH is 1. The van der Waals surface area contributed by atoms with Crippen molar-refractivity contribution >= 4 is 29.3 Å². The monoisotopic (exact) mass is 271 g/mol. The van der Waals surface area contributed by atoms with Crippen LogP contribution in [0.15, 0.2) is 24.3 Å². The summed E-state index contributed by atoms with van der Waals surface area (Å²) in [6, 6.07) is 7.52. The third-order valence-corrected chi connectivity index (χ3v) is 4.18. The molecule has 1 fully saturated rings. The predicted octanol–water partition coefficient (Wildman–Crippen LogP) is 2.29. The van der Waals surface area contributed by atoms with E-state index in [-0.39, 0.29) is 11.3 Å². The highest BCUT2D eigenvalue weighted by atomic mass is 35.5. The number of nitrogens with zero attached hydrogens (tertiary/aromatic N) is 1. The molecule has 0 unspecified atom stereocenters. The Kier molecular flexibility index (Phi) is 3.97. The zero-order valence-electron chi connectivity index (χ0n) is 9.47. The molecule has 0 bridgehead atoms. The molecule has 5 heteroatoms. The van der Waals surface area contributed by atoms with Crippen LogP contribution in [0.3, 0.4) is 0 Å². The van der Waals surface area contributed by atoms with E-state index in [9.17, 15) is 9.90 Å². The SMILES string of the molecule is C[C@@H](O)CN1C(=O)CS[C@@H]1c1ccccc1Cl. The number of amides is 1. The molecule has 0 radical (unpaired) electrons. The smallest absolute Gasteiger partial charge is 0.233 e. The molecule has 1 heterocycles. The molecule has 0 saturated carbocycles. The highest BCUT2D eigenvalue weighted by molar-refractivity contribution is 8.00. The van der Waals surface area contributed by atoms with Crippen molar-refractivity contribution in [2.45, 2.75) is 18.4 Å². The van der Waals surface area contributed by atoms with Gasteiger partial charge >= 0.3 is 0 Å². The fourth-order valence-corrected chi connectivity index (χ4v) is 3.41. The van der Waals surface area contributed by atoms with Crippen molar-refractivity contribution in [2.75, 3.05) is 12.3 Å². The van der Waals surface area contributed by atoms with Crippen LogP contribution in [0.1, 0.15) is 17.9 Å². The molecule has 1 aliphatic rings. The van der Waals surface area contributed by atoms with Gasteiger partial charge in [0.05, 0.1) is 11.9 Å². The minimum absolute atomic E-state index is 0.0563. The Bertz CT molecular complexity index is 425. The molecular formula is C12H14ClNO2S. The topological polar surface area (TPSA) is 40.5 Å². The quantitative estimate of drug-likeness (QED) is 0.917. The van der Waals surface area contributed by atoms with E-state index in [1.54, 1.807) is 23.6 Å². The van der Waals surface area contributed by atoms with E-state index in [0.717, 1.165) is 5.56 Å². The van der Waals surface area contributed by atoms with E-state index in [4.69, 9.17) is 11.6 Å². The van der Waals surface area contributed by atoms with Gasteiger partial charge < -0.3 is 10.0 Å². The summed E-state index contributed by atoms with van der Waals surface area (Å²) in [5, 5.41) is 10.0. The maximum atomic E-state index is 11.8. The maximum absolute atomic E-state index is 11.8. The minimum Gasteiger partial charge on any atom is -0.392 e. The zero-order valence-corrected chi connectivity index (χ0v) is 11.0. The molecule has 0 aliphatic carbocycles. The normalized spacial score (nSPS) is 21.9. The highest BCUT2D eigenvalue weighted by Gasteiger charge is 2.34. The van der Waals surface area contributed by atoms with Gasteiger partial charge in [-0.3, -0.25) is 4.79 Å². The molecule has 1 saturated heterocycles. The van der Waals surface area contributed by atoms with Gasteiger partial charge in [-0.05, 0) is 13.0 Å². The van der Waals surface area contributed by atoms with E-state index in [2.05, 4.69) is 0 Å². The van der Waals surface area contributed by atoms with Gasteiger partial charge in [-0.2, -0.15) is 0 Å². The Morgan fingerprint density at radius 3 is 2.94 bits per heavy atom. The largest absolute Gasteiger partial charge is 0.392 e. The summed E-state index contributed by atoms with van der Waals surface area (Å²) in [7, 11) is 0. The molecule has 1 amide bonds. The lowest BCUT2D eigenvalue weighted by Crippen LogP contribution is -2.34. The van der Waals surface area contributed by atoms with Gasteiger partial charge in [0, 0.05) is 17.1 Å². The molecule has 1 aromatic carbocycles. The van der Waals surface area contributed by atoms with Gasteiger partial charge in [0.25, 0.3) is 0 Å². The van der Waals surface area contributed by atoms with Crippen LogP contribution in [0, 0.1) is 0 Å². The van der Waals surface area contributed by atoms with Crippen LogP contribution in [0.5, 0.6) is 0 Å². The third-order valence-electron chi connectivity index (χ3n) is 2.60. The number of carbonyl (C=O) groups excluding carboxylic acids is 1. The summed E-state index contributed by atoms with van der Waals surface area (Å²) in [6.07, 6.45) is -0.525. The van der Waals surface area contributed by atoms with E-state index in [0.29, 0.717) is 17.3 Å². The Balaban J connectivity index is 2.25. The van der Waals surface area contributed by atoms with Gasteiger partial charge in [-0.25, -0.2) is 0 Å². The first kappa shape index (κ1) is 12.7. The molecule has 0 aromatic heterocycles. The van der Waals surface area contributed by atoms with Crippen LogP contribution in [-0.2, 0) is 4.79 Å². The summed E-state index contributed by atoms with van der Waals surface area (Å²) >= 11 is 7.69. The van der Waals surface area contributed by atoms with Gasteiger partial charge in [-0.1, -0.05) is 29.8 Å². The number of carbonyl (C=O) groups is 1. The van der Waals surface area contributed by atoms with Crippen molar-refractivity contribution in [3.8, 4) is 0 Å². The van der Waals surface area contributed by atoms with Crippen molar-refractivity contribution in [3.05, 3.63) is 34.9 Å². The van der Waals surface area contributed by atoms with Crippen LogP contribution < -0.4 is 0 Å². The molecular weight excluding hydrogens is 258 g/mol. The molecule has 1 N–H and O–H groups in total. The van der Waals surface area contributed by atoms with Gasteiger partial charge in [0.2, 0.25) is 5.91 Å². The molecule has 2 atom stereocenters. The average Bonchev–Trinajstić information content (AvgIpc) is 2.61. The summed E-state index contributed by atoms with van der Waals surface area (Å²) in [6.45, 7) is 2.03. The first-order chi connectivity index (χ1) is 8.09. The van der Waals surface area contributed by atoms with Crippen LogP contribution in [0.4, 0.5) is 0 Å². The van der Waals surface area contributed by atoms with E-state index < -0.39 is 6.10 Å². The second kappa shape index (κ2) is 5.29. The van der Waals surface area contributed by atoms with Crippen molar-refractivity contribution < 1.29 is 9.90 Å². The van der Waals surface area contributed by atoms with Crippen LogP contribution >= 0.6 is 23.4 Å². The van der Waals surface area contributed by atoms with E-state index in [1.165, 1.54) is 0 Å². The van der Waals surface area contributed by atoms with Crippen molar-refractivity contribution in [2.24, 2.45) is 0 Å². The van der Waals surface area contributed by atoms with Crippen molar-refractivity contribution in [1.82, 2.24) is 4.90 Å². The number of benzene rings is 1. The molecule has 1 aliphatic heterocycles. The Labute approximate surface area is 110 Å². The van der Waals surface area contributed by atoms with Gasteiger partial charge in [0.1, 0.15) is 5.37 Å². The number of aliphatic hydroxyl groups is 1. The molecule has 0 spiro atoms. The van der Waals surface area contributed by atoms with Crippen LogP contribution in [0.25, 0.3) is 0 Å². The lowest BCUT2D eigenvalue weighted by molar-refractivity contribution is -0.129. The Hall–Kier alpha value is -0.710. The fourth-order valence-electron chi connectivity index (χ4n) is 1.87. The number of rotatable bonds is 3. The highest BCUT2D eigenvalue weighted by Crippen LogP contribution is 2.41. The molecule has 1 aromatic rings. The second-order valence-electron chi connectivity index (χ2n) is 4.08. The Morgan fingerprint density at radius 2 is 2.29 bits per heavy atom. The van der Waals surface area contributed by atoms with Crippen LogP contribution in [0.2, 0.25) is 5.02 Å². The van der Waals surface area contributed by atoms with Gasteiger partial charge in [-0.15, -0.1) is 11.8 Å². The summed E-state index contributed by atoms with van der Waals surface area (Å²) < 4.78 is 0. The number of thioether (sulfide) groups is 1. The molecule has 92 valence electrons. The fraction of sp³-hybridized carbons (Fsp3) is 0.417. The van der Waals surface area contributed by atoms with E-state index in [1.807, 2.05) is 24.3 Å². The summed E-state index contributed by atoms with van der Waals surface area (Å²) in [4.78, 5) is 13.4. The molecule has 17 heavy (non-hydrogen) atoms. The second-order valence-corrected chi connectivity index (χ2v) is 5.56. The first-order valence-corrected chi connectivity index (χ1v) is 6.86.